The smallest absolute Gasteiger partial charge is 0.224 e. The highest BCUT2D eigenvalue weighted by atomic mass is 79.9. The van der Waals surface area contributed by atoms with Gasteiger partial charge in [-0.25, -0.2) is 4.98 Å². The summed E-state index contributed by atoms with van der Waals surface area (Å²) in [6.45, 7) is 1.95. The molecule has 2 aromatic heterocycles. The Morgan fingerprint density at radius 3 is 2.83 bits per heavy atom. The molecule has 2 heterocycles. The SMILES string of the molecule is CC(NC(=O)Cc1cccc(Br)c1)c1nc(-c2ccncc2)cs1. The highest BCUT2D eigenvalue weighted by molar-refractivity contribution is 9.10. The molecule has 0 radical (unpaired) electrons. The normalized spacial score (nSPS) is 11.9. The molecule has 0 aliphatic rings. The van der Waals surface area contributed by atoms with E-state index in [1.807, 2.05) is 48.7 Å². The zero-order valence-corrected chi connectivity index (χ0v) is 15.5. The van der Waals surface area contributed by atoms with Crippen molar-refractivity contribution in [3.8, 4) is 11.3 Å². The number of carbonyl (C=O) groups excluding carboxylic acids is 1. The van der Waals surface area contributed by atoms with Crippen LogP contribution in [0.3, 0.4) is 0 Å². The number of carbonyl (C=O) groups is 1. The molecule has 1 atom stereocenters. The summed E-state index contributed by atoms with van der Waals surface area (Å²) in [7, 11) is 0. The largest absolute Gasteiger partial charge is 0.347 e. The molecule has 0 aliphatic carbocycles. The van der Waals surface area contributed by atoms with E-state index in [1.165, 1.54) is 0 Å². The molecule has 1 aromatic carbocycles. The zero-order valence-electron chi connectivity index (χ0n) is 13.1. The molecule has 6 heteroatoms. The van der Waals surface area contributed by atoms with Crippen LogP contribution in [-0.2, 0) is 11.2 Å². The molecule has 0 bridgehead atoms. The third-order valence-corrected chi connectivity index (χ3v) is 5.02. The van der Waals surface area contributed by atoms with Gasteiger partial charge in [0.15, 0.2) is 0 Å². The summed E-state index contributed by atoms with van der Waals surface area (Å²) in [5, 5.41) is 5.90. The maximum atomic E-state index is 12.2. The number of hydrogen-bond donors (Lipinski definition) is 1. The Kier molecular flexibility index (Phi) is 5.37. The number of rotatable bonds is 5. The van der Waals surface area contributed by atoms with Crippen LogP contribution in [0.2, 0.25) is 0 Å². The molecule has 0 saturated carbocycles. The summed E-state index contributed by atoms with van der Waals surface area (Å²) >= 11 is 4.97. The minimum Gasteiger partial charge on any atom is -0.347 e. The maximum Gasteiger partial charge on any atom is 0.224 e. The van der Waals surface area contributed by atoms with Crippen molar-refractivity contribution in [2.24, 2.45) is 0 Å². The number of nitrogens with one attached hydrogen (secondary N) is 1. The van der Waals surface area contributed by atoms with Gasteiger partial charge in [0.05, 0.1) is 18.2 Å². The van der Waals surface area contributed by atoms with Crippen molar-refractivity contribution < 1.29 is 4.79 Å². The molecule has 3 aromatic rings. The molecule has 1 unspecified atom stereocenters. The fourth-order valence-electron chi connectivity index (χ4n) is 2.33. The Morgan fingerprint density at radius 2 is 2.08 bits per heavy atom. The van der Waals surface area contributed by atoms with Crippen LogP contribution in [0.1, 0.15) is 23.5 Å². The van der Waals surface area contributed by atoms with Crippen LogP contribution in [0.4, 0.5) is 0 Å². The molecule has 1 amide bonds. The van der Waals surface area contributed by atoms with Crippen molar-refractivity contribution in [3.63, 3.8) is 0 Å². The van der Waals surface area contributed by atoms with Crippen molar-refractivity contribution in [1.82, 2.24) is 15.3 Å². The van der Waals surface area contributed by atoms with Gasteiger partial charge < -0.3 is 5.32 Å². The first-order valence-electron chi connectivity index (χ1n) is 7.51. The number of benzene rings is 1. The second-order valence-electron chi connectivity index (χ2n) is 5.40. The number of pyridine rings is 1. The lowest BCUT2D eigenvalue weighted by atomic mass is 10.1. The summed E-state index contributed by atoms with van der Waals surface area (Å²) < 4.78 is 0.975. The van der Waals surface area contributed by atoms with Gasteiger partial charge >= 0.3 is 0 Å². The first kappa shape index (κ1) is 16.8. The average Bonchev–Trinajstić information content (AvgIpc) is 3.05. The van der Waals surface area contributed by atoms with Crippen molar-refractivity contribution in [2.45, 2.75) is 19.4 Å². The van der Waals surface area contributed by atoms with Gasteiger partial charge in [0, 0.05) is 27.8 Å². The molecule has 4 nitrogen and oxygen atoms in total. The number of aromatic nitrogens is 2. The van der Waals surface area contributed by atoms with Gasteiger partial charge in [-0.1, -0.05) is 28.1 Å². The molecule has 24 heavy (non-hydrogen) atoms. The van der Waals surface area contributed by atoms with Gasteiger partial charge in [-0.15, -0.1) is 11.3 Å². The highest BCUT2D eigenvalue weighted by Crippen LogP contribution is 2.25. The van der Waals surface area contributed by atoms with Gasteiger partial charge in [-0.05, 0) is 36.8 Å². The molecule has 3 rings (SSSR count). The van der Waals surface area contributed by atoms with E-state index in [0.29, 0.717) is 6.42 Å². The predicted octanol–water partition coefficient (Wildman–Crippen LogP) is 4.39. The number of hydrogen-bond acceptors (Lipinski definition) is 4. The van der Waals surface area contributed by atoms with Crippen LogP contribution in [0.15, 0.2) is 58.6 Å². The molecule has 0 spiro atoms. The minimum absolute atomic E-state index is 0.0127. The van der Waals surface area contributed by atoms with Gasteiger partial charge in [-0.3, -0.25) is 9.78 Å². The zero-order chi connectivity index (χ0) is 16.9. The topological polar surface area (TPSA) is 54.9 Å². The Balaban J connectivity index is 1.63. The van der Waals surface area contributed by atoms with Crippen molar-refractivity contribution in [1.29, 1.82) is 0 Å². The third kappa shape index (κ3) is 4.27. The number of halogens is 1. The van der Waals surface area contributed by atoms with Crippen molar-refractivity contribution >= 4 is 33.2 Å². The molecule has 0 saturated heterocycles. The summed E-state index contributed by atoms with van der Waals surface area (Å²) in [6.07, 6.45) is 3.85. The fraction of sp³-hybridized carbons (Fsp3) is 0.167. The van der Waals surface area contributed by atoms with E-state index < -0.39 is 0 Å². The van der Waals surface area contributed by atoms with Crippen molar-refractivity contribution in [3.05, 3.63) is 69.2 Å². The average molecular weight is 402 g/mol. The van der Waals surface area contributed by atoms with Crippen LogP contribution in [0, 0.1) is 0 Å². The third-order valence-electron chi connectivity index (χ3n) is 3.50. The Bertz CT molecular complexity index is 835. The van der Waals surface area contributed by atoms with E-state index in [4.69, 9.17) is 0 Å². The summed E-state index contributed by atoms with van der Waals surface area (Å²) in [4.78, 5) is 20.9. The predicted molar refractivity (Wildman–Crippen MR) is 99.7 cm³/mol. The van der Waals surface area contributed by atoms with Gasteiger partial charge in [-0.2, -0.15) is 0 Å². The van der Waals surface area contributed by atoms with E-state index in [-0.39, 0.29) is 11.9 Å². The monoisotopic (exact) mass is 401 g/mol. The fourth-order valence-corrected chi connectivity index (χ4v) is 3.61. The Morgan fingerprint density at radius 1 is 1.29 bits per heavy atom. The molecular weight excluding hydrogens is 386 g/mol. The second-order valence-corrected chi connectivity index (χ2v) is 7.21. The van der Waals surface area contributed by atoms with E-state index in [0.717, 1.165) is 26.3 Å². The highest BCUT2D eigenvalue weighted by Gasteiger charge is 2.14. The first-order chi connectivity index (χ1) is 11.6. The number of thiazole rings is 1. The van der Waals surface area contributed by atoms with E-state index in [1.54, 1.807) is 23.7 Å². The summed E-state index contributed by atoms with van der Waals surface area (Å²) in [5.41, 5.74) is 2.91. The van der Waals surface area contributed by atoms with E-state index >= 15 is 0 Å². The standard InChI is InChI=1S/C18H16BrN3OS/c1-12(21-17(23)10-13-3-2-4-15(19)9-13)18-22-16(11-24-18)14-5-7-20-8-6-14/h2-9,11-12H,10H2,1H3,(H,21,23). The Labute approximate surface area is 153 Å². The number of amides is 1. The first-order valence-corrected chi connectivity index (χ1v) is 9.19. The lowest BCUT2D eigenvalue weighted by molar-refractivity contribution is -0.121. The Hall–Kier alpha value is -2.05. The second kappa shape index (κ2) is 7.68. The van der Waals surface area contributed by atoms with Crippen LogP contribution < -0.4 is 5.32 Å². The van der Waals surface area contributed by atoms with Crippen molar-refractivity contribution in [2.75, 3.05) is 0 Å². The summed E-state index contributed by atoms with van der Waals surface area (Å²) in [6, 6.07) is 11.5. The van der Waals surface area contributed by atoms with E-state index in [9.17, 15) is 4.79 Å². The van der Waals surface area contributed by atoms with Gasteiger partial charge in [0.25, 0.3) is 0 Å². The number of nitrogens with zero attached hydrogens (tertiary/aromatic N) is 2. The van der Waals surface area contributed by atoms with Gasteiger partial charge in [0.2, 0.25) is 5.91 Å². The van der Waals surface area contributed by atoms with Crippen LogP contribution in [0.5, 0.6) is 0 Å². The van der Waals surface area contributed by atoms with E-state index in [2.05, 4.69) is 31.2 Å². The summed E-state index contributed by atoms with van der Waals surface area (Å²) in [5.74, 6) is -0.0127. The molecule has 0 fully saturated rings. The van der Waals surface area contributed by atoms with Gasteiger partial charge in [0.1, 0.15) is 5.01 Å². The molecule has 1 N–H and O–H groups in total. The quantitative estimate of drug-likeness (QED) is 0.689. The molecular formula is C18H16BrN3OS. The lowest BCUT2D eigenvalue weighted by Crippen LogP contribution is -2.28. The maximum absolute atomic E-state index is 12.2. The molecule has 0 aliphatic heterocycles. The van der Waals surface area contributed by atoms with Crippen LogP contribution >= 0.6 is 27.3 Å². The van der Waals surface area contributed by atoms with Crippen LogP contribution in [0.25, 0.3) is 11.3 Å². The lowest BCUT2D eigenvalue weighted by Gasteiger charge is -2.11. The minimum atomic E-state index is -0.120. The molecule has 122 valence electrons. The van der Waals surface area contributed by atoms with Crippen LogP contribution in [-0.4, -0.2) is 15.9 Å².